The van der Waals surface area contributed by atoms with E-state index in [-0.39, 0.29) is 18.1 Å². The van der Waals surface area contributed by atoms with Crippen LogP contribution in [-0.2, 0) is 11.8 Å². The molecule has 1 saturated heterocycles. The minimum absolute atomic E-state index is 0.00646. The van der Waals surface area contributed by atoms with Crippen molar-refractivity contribution < 1.29 is 9.53 Å². The summed E-state index contributed by atoms with van der Waals surface area (Å²) in [7, 11) is 1.79. The van der Waals surface area contributed by atoms with Crippen molar-refractivity contribution in [3.63, 3.8) is 0 Å². The van der Waals surface area contributed by atoms with Crippen molar-refractivity contribution in [3.05, 3.63) is 15.9 Å². The summed E-state index contributed by atoms with van der Waals surface area (Å²) >= 11 is 3.44. The Morgan fingerprint density at radius 3 is 2.39 bits per heavy atom. The number of ether oxygens (including phenoxy) is 1. The first-order valence-electron chi connectivity index (χ1n) is 6.04. The molecule has 0 N–H and O–H groups in total. The van der Waals surface area contributed by atoms with Gasteiger partial charge in [0.15, 0.2) is 0 Å². The maximum Gasteiger partial charge on any atom is 0.273 e. The standard InChI is InChI=1S/C12H18BrN3O2/c1-7-5-16(6-8(2)18-7)12(17)11-10(13)9(3)14-15(11)4/h7-8H,5-6H2,1-4H3/t7-,8-/m0/s1. The molecule has 1 aromatic heterocycles. The lowest BCUT2D eigenvalue weighted by Gasteiger charge is -2.35. The number of nitrogens with zero attached hydrogens (tertiary/aromatic N) is 3. The van der Waals surface area contributed by atoms with E-state index in [9.17, 15) is 4.79 Å². The third-order valence-electron chi connectivity index (χ3n) is 3.06. The van der Waals surface area contributed by atoms with E-state index in [1.54, 1.807) is 11.7 Å². The molecule has 1 aliphatic rings. The van der Waals surface area contributed by atoms with Crippen LogP contribution in [0, 0.1) is 6.92 Å². The molecule has 2 atom stereocenters. The highest BCUT2D eigenvalue weighted by Gasteiger charge is 2.29. The maximum absolute atomic E-state index is 12.5. The van der Waals surface area contributed by atoms with Crippen molar-refractivity contribution in [1.82, 2.24) is 14.7 Å². The monoisotopic (exact) mass is 315 g/mol. The molecule has 1 amide bonds. The molecule has 1 aromatic rings. The van der Waals surface area contributed by atoms with Crippen LogP contribution in [-0.4, -0.2) is 45.9 Å². The van der Waals surface area contributed by atoms with E-state index in [1.165, 1.54) is 0 Å². The van der Waals surface area contributed by atoms with Crippen LogP contribution in [0.4, 0.5) is 0 Å². The van der Waals surface area contributed by atoms with Crippen LogP contribution >= 0.6 is 15.9 Å². The van der Waals surface area contributed by atoms with Crippen molar-refractivity contribution in [3.8, 4) is 0 Å². The first-order chi connectivity index (χ1) is 8.40. The Labute approximate surface area is 115 Å². The summed E-state index contributed by atoms with van der Waals surface area (Å²) in [6.45, 7) is 7.10. The van der Waals surface area contributed by atoms with Gasteiger partial charge in [0.2, 0.25) is 0 Å². The van der Waals surface area contributed by atoms with E-state index < -0.39 is 0 Å². The van der Waals surface area contributed by atoms with Crippen LogP contribution in [0.15, 0.2) is 4.47 Å². The van der Waals surface area contributed by atoms with Crippen molar-refractivity contribution in [2.45, 2.75) is 33.0 Å². The van der Waals surface area contributed by atoms with Crippen molar-refractivity contribution in [1.29, 1.82) is 0 Å². The van der Waals surface area contributed by atoms with E-state index in [1.807, 2.05) is 25.7 Å². The van der Waals surface area contributed by atoms with E-state index in [0.717, 1.165) is 10.2 Å². The number of morpholine rings is 1. The van der Waals surface area contributed by atoms with Gasteiger partial charge in [0.25, 0.3) is 5.91 Å². The van der Waals surface area contributed by atoms with Gasteiger partial charge < -0.3 is 9.64 Å². The Balaban J connectivity index is 2.25. The van der Waals surface area contributed by atoms with Gasteiger partial charge in [-0.1, -0.05) is 0 Å². The summed E-state index contributed by atoms with van der Waals surface area (Å²) in [5.74, 6) is 0.00646. The lowest BCUT2D eigenvalue weighted by Crippen LogP contribution is -2.48. The zero-order valence-electron chi connectivity index (χ0n) is 11.1. The van der Waals surface area contributed by atoms with E-state index in [0.29, 0.717) is 18.8 Å². The Kier molecular flexibility index (Phi) is 3.77. The molecule has 0 unspecified atom stereocenters. The van der Waals surface area contributed by atoms with Gasteiger partial charge in [0.05, 0.1) is 22.4 Å². The second kappa shape index (κ2) is 5.01. The minimum atomic E-state index is 0.00646. The highest BCUT2D eigenvalue weighted by atomic mass is 79.9. The third-order valence-corrected chi connectivity index (χ3v) is 4.01. The largest absolute Gasteiger partial charge is 0.372 e. The summed E-state index contributed by atoms with van der Waals surface area (Å²) in [5.41, 5.74) is 1.43. The highest BCUT2D eigenvalue weighted by molar-refractivity contribution is 9.10. The van der Waals surface area contributed by atoms with Gasteiger partial charge in [-0.25, -0.2) is 0 Å². The van der Waals surface area contributed by atoms with Gasteiger partial charge in [0, 0.05) is 20.1 Å². The number of rotatable bonds is 1. The van der Waals surface area contributed by atoms with E-state index >= 15 is 0 Å². The predicted molar refractivity (Wildman–Crippen MR) is 71.6 cm³/mol. The van der Waals surface area contributed by atoms with Crippen LogP contribution in [0.3, 0.4) is 0 Å². The normalized spacial score (nSPS) is 24.4. The number of halogens is 1. The topological polar surface area (TPSA) is 47.4 Å². The van der Waals surface area contributed by atoms with Gasteiger partial charge in [-0.2, -0.15) is 5.10 Å². The van der Waals surface area contributed by atoms with Crippen LogP contribution < -0.4 is 0 Å². The summed E-state index contributed by atoms with van der Waals surface area (Å²) in [4.78, 5) is 14.4. The molecular formula is C12H18BrN3O2. The zero-order chi connectivity index (χ0) is 13.4. The molecule has 100 valence electrons. The molecule has 0 radical (unpaired) electrons. The highest BCUT2D eigenvalue weighted by Crippen LogP contribution is 2.23. The van der Waals surface area contributed by atoms with Crippen LogP contribution in [0.25, 0.3) is 0 Å². The molecule has 2 rings (SSSR count). The number of hydrogen-bond acceptors (Lipinski definition) is 3. The van der Waals surface area contributed by atoms with E-state index in [2.05, 4.69) is 21.0 Å². The van der Waals surface area contributed by atoms with Gasteiger partial charge in [-0.05, 0) is 36.7 Å². The molecule has 18 heavy (non-hydrogen) atoms. The Morgan fingerprint density at radius 1 is 1.39 bits per heavy atom. The maximum atomic E-state index is 12.5. The fourth-order valence-electron chi connectivity index (χ4n) is 2.36. The number of aryl methyl sites for hydroxylation is 2. The first-order valence-corrected chi connectivity index (χ1v) is 6.83. The van der Waals surface area contributed by atoms with E-state index in [4.69, 9.17) is 4.74 Å². The smallest absolute Gasteiger partial charge is 0.273 e. The lowest BCUT2D eigenvalue weighted by molar-refractivity contribution is -0.0588. The summed E-state index contributed by atoms with van der Waals surface area (Å²) in [6, 6.07) is 0. The number of carbonyl (C=O) groups excluding carboxylic acids is 1. The third kappa shape index (κ3) is 2.44. The molecular weight excluding hydrogens is 298 g/mol. The van der Waals surface area contributed by atoms with Gasteiger partial charge in [0.1, 0.15) is 5.69 Å². The molecule has 6 heteroatoms. The fourth-order valence-corrected chi connectivity index (χ4v) is 2.86. The quantitative estimate of drug-likeness (QED) is 0.793. The van der Waals surface area contributed by atoms with Gasteiger partial charge >= 0.3 is 0 Å². The molecule has 0 aliphatic carbocycles. The number of amides is 1. The zero-order valence-corrected chi connectivity index (χ0v) is 12.7. The van der Waals surface area contributed by atoms with Crippen molar-refractivity contribution in [2.24, 2.45) is 7.05 Å². The Morgan fingerprint density at radius 2 is 1.94 bits per heavy atom. The molecule has 5 nitrogen and oxygen atoms in total. The lowest BCUT2D eigenvalue weighted by atomic mass is 10.2. The molecule has 0 aromatic carbocycles. The molecule has 0 spiro atoms. The van der Waals surface area contributed by atoms with Gasteiger partial charge in [-0.3, -0.25) is 9.48 Å². The summed E-state index contributed by atoms with van der Waals surface area (Å²) in [5, 5.41) is 4.26. The van der Waals surface area contributed by atoms with Crippen molar-refractivity contribution >= 4 is 21.8 Å². The summed E-state index contributed by atoms with van der Waals surface area (Å²) in [6.07, 6.45) is 0.150. The molecule has 1 fully saturated rings. The SMILES string of the molecule is Cc1nn(C)c(C(=O)N2C[C@H](C)O[C@@H](C)C2)c1Br. The number of aromatic nitrogens is 2. The number of hydrogen-bond donors (Lipinski definition) is 0. The first kappa shape index (κ1) is 13.5. The van der Waals surface area contributed by atoms with Crippen LogP contribution in [0.2, 0.25) is 0 Å². The minimum Gasteiger partial charge on any atom is -0.372 e. The average molecular weight is 316 g/mol. The molecule has 0 saturated carbocycles. The Bertz CT molecular complexity index is 462. The summed E-state index contributed by atoms with van der Waals surface area (Å²) < 4.78 is 8.05. The fraction of sp³-hybridized carbons (Fsp3) is 0.667. The molecule has 1 aliphatic heterocycles. The average Bonchev–Trinajstić information content (AvgIpc) is 2.51. The number of carbonyl (C=O) groups is 1. The Hall–Kier alpha value is -0.880. The van der Waals surface area contributed by atoms with Crippen molar-refractivity contribution in [2.75, 3.05) is 13.1 Å². The molecule has 2 heterocycles. The second-order valence-electron chi connectivity index (χ2n) is 4.84. The van der Waals surface area contributed by atoms with Gasteiger partial charge in [-0.15, -0.1) is 0 Å². The van der Waals surface area contributed by atoms with Crippen LogP contribution in [0.5, 0.6) is 0 Å². The second-order valence-corrected chi connectivity index (χ2v) is 5.63. The predicted octanol–water partition coefficient (Wildman–Crippen LogP) is 1.74. The molecule has 0 bridgehead atoms. The van der Waals surface area contributed by atoms with Crippen LogP contribution in [0.1, 0.15) is 30.0 Å².